The summed E-state index contributed by atoms with van der Waals surface area (Å²) in [5.74, 6) is 0. The Morgan fingerprint density at radius 1 is 1.07 bits per heavy atom. The lowest BCUT2D eigenvalue weighted by molar-refractivity contribution is 0.165. The first-order valence-electron chi connectivity index (χ1n) is 5.94. The molecule has 82 valence electrons. The average Bonchev–Trinajstić information content (AvgIpc) is 2.76. The van der Waals surface area contributed by atoms with Crippen molar-refractivity contribution in [3.8, 4) is 0 Å². The first kappa shape index (κ1) is 9.28. The monoisotopic (exact) mass is 205 g/mol. The first-order valence-corrected chi connectivity index (χ1v) is 5.94. The van der Waals surface area contributed by atoms with Crippen LogP contribution < -0.4 is 5.43 Å². The summed E-state index contributed by atoms with van der Waals surface area (Å²) < 4.78 is 2.09. The van der Waals surface area contributed by atoms with Crippen LogP contribution in [0.5, 0.6) is 0 Å². The molecule has 1 N–H and O–H groups in total. The number of hydrogen-bond donors (Lipinski definition) is 1. The zero-order valence-electron chi connectivity index (χ0n) is 9.26. The van der Waals surface area contributed by atoms with E-state index in [1.54, 1.807) is 0 Å². The van der Waals surface area contributed by atoms with Gasteiger partial charge in [-0.1, -0.05) is 0 Å². The van der Waals surface area contributed by atoms with Crippen LogP contribution in [0.15, 0.2) is 24.5 Å². The molecule has 1 aromatic heterocycles. The summed E-state index contributed by atoms with van der Waals surface area (Å²) in [5.41, 5.74) is 3.57. The molecule has 0 amide bonds. The van der Waals surface area contributed by atoms with Crippen molar-refractivity contribution in [2.45, 2.75) is 43.8 Å². The Kier molecular flexibility index (Phi) is 2.20. The molecule has 3 rings (SSSR count). The van der Waals surface area contributed by atoms with E-state index in [4.69, 9.17) is 0 Å². The largest absolute Gasteiger partial charge is 0.323 e. The van der Waals surface area contributed by atoms with E-state index >= 15 is 0 Å². The predicted molar refractivity (Wildman–Crippen MR) is 61.4 cm³/mol. The highest BCUT2D eigenvalue weighted by Crippen LogP contribution is 2.34. The van der Waals surface area contributed by atoms with Crippen molar-refractivity contribution in [2.75, 3.05) is 12.5 Å². The third kappa shape index (κ3) is 1.65. The van der Waals surface area contributed by atoms with Gasteiger partial charge in [-0.05, 0) is 44.9 Å². The topological polar surface area (TPSA) is 20.2 Å². The minimum atomic E-state index is 0.658. The van der Waals surface area contributed by atoms with E-state index in [9.17, 15) is 0 Å². The van der Waals surface area contributed by atoms with Crippen LogP contribution in [0.25, 0.3) is 0 Å². The molecule has 1 aromatic rings. The lowest BCUT2D eigenvalue weighted by atomic mass is 9.99. The van der Waals surface area contributed by atoms with Crippen molar-refractivity contribution in [1.82, 2.24) is 9.58 Å². The molecule has 2 bridgehead atoms. The number of nitrogens with one attached hydrogen (secondary N) is 1. The van der Waals surface area contributed by atoms with Crippen LogP contribution in [-0.2, 0) is 0 Å². The summed E-state index contributed by atoms with van der Waals surface area (Å²) in [6.07, 6.45) is 9.55. The van der Waals surface area contributed by atoms with Gasteiger partial charge in [0.05, 0.1) is 0 Å². The van der Waals surface area contributed by atoms with Crippen LogP contribution in [0.2, 0.25) is 0 Å². The first-order chi connectivity index (χ1) is 7.33. The molecule has 0 radical (unpaired) electrons. The van der Waals surface area contributed by atoms with Crippen LogP contribution in [-0.4, -0.2) is 34.7 Å². The van der Waals surface area contributed by atoms with E-state index in [1.165, 1.54) is 25.7 Å². The van der Waals surface area contributed by atoms with Crippen molar-refractivity contribution in [2.24, 2.45) is 0 Å². The molecule has 3 heteroatoms. The van der Waals surface area contributed by atoms with Gasteiger partial charge < -0.3 is 10.3 Å². The molecule has 2 atom stereocenters. The van der Waals surface area contributed by atoms with E-state index in [-0.39, 0.29) is 0 Å². The maximum Gasteiger partial charge on any atom is 0.0454 e. The molecule has 2 aliphatic rings. The standard InChI is InChI=1S/C12H19N3/c1-14-11-4-5-12(14)9-10(8-11)13-15-6-2-3-7-15/h2-3,6-7,10-13H,4-5,8-9H2,1H3. The quantitative estimate of drug-likeness (QED) is 0.792. The lowest BCUT2D eigenvalue weighted by Crippen LogP contribution is -2.46. The molecule has 0 saturated carbocycles. The minimum absolute atomic E-state index is 0.658. The Morgan fingerprint density at radius 3 is 2.27 bits per heavy atom. The number of hydrogen-bond acceptors (Lipinski definition) is 2. The smallest absolute Gasteiger partial charge is 0.0454 e. The summed E-state index contributed by atoms with van der Waals surface area (Å²) in [6, 6.07) is 6.42. The lowest BCUT2D eigenvalue weighted by Gasteiger charge is -2.37. The average molecular weight is 205 g/mol. The molecule has 2 fully saturated rings. The van der Waals surface area contributed by atoms with Gasteiger partial charge in [0, 0.05) is 30.5 Å². The van der Waals surface area contributed by atoms with Crippen LogP contribution in [0.1, 0.15) is 25.7 Å². The molecule has 0 aromatic carbocycles. The summed E-state index contributed by atoms with van der Waals surface area (Å²) in [4.78, 5) is 2.58. The second-order valence-electron chi connectivity index (χ2n) is 4.94. The Morgan fingerprint density at radius 2 is 1.67 bits per heavy atom. The van der Waals surface area contributed by atoms with Crippen molar-refractivity contribution in [1.29, 1.82) is 0 Å². The van der Waals surface area contributed by atoms with Crippen LogP contribution in [0.4, 0.5) is 0 Å². The van der Waals surface area contributed by atoms with Gasteiger partial charge in [0.2, 0.25) is 0 Å². The highest BCUT2D eigenvalue weighted by molar-refractivity contribution is 5.02. The van der Waals surface area contributed by atoms with Crippen molar-refractivity contribution in [3.05, 3.63) is 24.5 Å². The SMILES string of the molecule is CN1C2CCC1CC(Nn1cccc1)C2. The van der Waals surface area contributed by atoms with Crippen LogP contribution in [0, 0.1) is 0 Å². The van der Waals surface area contributed by atoms with Gasteiger partial charge in [0.25, 0.3) is 0 Å². The summed E-state index contributed by atoms with van der Waals surface area (Å²) >= 11 is 0. The fourth-order valence-corrected chi connectivity index (χ4v) is 3.15. The van der Waals surface area contributed by atoms with Gasteiger partial charge in [-0.3, -0.25) is 4.68 Å². The molecular weight excluding hydrogens is 186 g/mol. The highest BCUT2D eigenvalue weighted by atomic mass is 15.4. The van der Waals surface area contributed by atoms with Crippen LogP contribution >= 0.6 is 0 Å². The molecule has 3 heterocycles. The van der Waals surface area contributed by atoms with E-state index in [1.807, 2.05) is 0 Å². The van der Waals surface area contributed by atoms with E-state index < -0.39 is 0 Å². The Balaban J connectivity index is 1.65. The molecule has 2 aliphatic heterocycles. The second-order valence-corrected chi connectivity index (χ2v) is 4.94. The van der Waals surface area contributed by atoms with E-state index in [0.717, 1.165) is 12.1 Å². The number of fused-ring (bicyclic) bond motifs is 2. The predicted octanol–water partition coefficient (Wildman–Crippen LogP) is 1.66. The number of aromatic nitrogens is 1. The fraction of sp³-hybridized carbons (Fsp3) is 0.667. The van der Waals surface area contributed by atoms with Gasteiger partial charge in [-0.15, -0.1) is 0 Å². The molecule has 2 saturated heterocycles. The summed E-state index contributed by atoms with van der Waals surface area (Å²) in [7, 11) is 2.29. The summed E-state index contributed by atoms with van der Waals surface area (Å²) in [5, 5.41) is 0. The highest BCUT2D eigenvalue weighted by Gasteiger charge is 2.38. The van der Waals surface area contributed by atoms with Crippen molar-refractivity contribution >= 4 is 0 Å². The van der Waals surface area contributed by atoms with Crippen LogP contribution in [0.3, 0.4) is 0 Å². The molecule has 3 nitrogen and oxygen atoms in total. The number of rotatable bonds is 2. The Labute approximate surface area is 91.0 Å². The maximum atomic E-state index is 3.57. The van der Waals surface area contributed by atoms with Gasteiger partial charge >= 0.3 is 0 Å². The minimum Gasteiger partial charge on any atom is -0.323 e. The third-order valence-electron chi connectivity index (χ3n) is 4.03. The van der Waals surface area contributed by atoms with Gasteiger partial charge in [-0.2, -0.15) is 0 Å². The number of piperidine rings is 1. The zero-order chi connectivity index (χ0) is 10.3. The Bertz CT molecular complexity index is 306. The molecule has 0 aliphatic carbocycles. The molecule has 15 heavy (non-hydrogen) atoms. The van der Waals surface area contributed by atoms with Gasteiger partial charge in [-0.25, -0.2) is 0 Å². The normalized spacial score (nSPS) is 35.7. The van der Waals surface area contributed by atoms with E-state index in [0.29, 0.717) is 6.04 Å². The van der Waals surface area contributed by atoms with Gasteiger partial charge in [0.1, 0.15) is 0 Å². The van der Waals surface area contributed by atoms with E-state index in [2.05, 4.69) is 46.6 Å². The van der Waals surface area contributed by atoms with Crippen molar-refractivity contribution < 1.29 is 0 Å². The third-order valence-corrected chi connectivity index (χ3v) is 4.03. The molecule has 2 unspecified atom stereocenters. The second kappa shape index (κ2) is 3.56. The Hall–Kier alpha value is -0.960. The van der Waals surface area contributed by atoms with Crippen molar-refractivity contribution in [3.63, 3.8) is 0 Å². The fourth-order valence-electron chi connectivity index (χ4n) is 3.15. The zero-order valence-corrected chi connectivity index (χ0v) is 9.26. The maximum absolute atomic E-state index is 3.57. The number of nitrogens with zero attached hydrogens (tertiary/aromatic N) is 2. The molecular formula is C12H19N3. The summed E-state index contributed by atoms with van der Waals surface area (Å²) in [6.45, 7) is 0. The van der Waals surface area contributed by atoms with Gasteiger partial charge in [0.15, 0.2) is 0 Å². The molecule has 0 spiro atoms.